The van der Waals surface area contributed by atoms with E-state index in [9.17, 15) is 13.2 Å². The highest BCUT2D eigenvalue weighted by Gasteiger charge is 2.30. The Morgan fingerprint density at radius 1 is 1.25 bits per heavy atom. The molecule has 0 saturated carbocycles. The van der Waals surface area contributed by atoms with Crippen molar-refractivity contribution in [1.29, 1.82) is 0 Å². The van der Waals surface area contributed by atoms with Crippen LogP contribution in [-0.4, -0.2) is 7.05 Å². The Morgan fingerprint density at radius 2 is 2.00 bits per heavy atom. The average Bonchev–Trinajstić information content (AvgIpc) is 2.82. The van der Waals surface area contributed by atoms with Crippen molar-refractivity contribution in [2.45, 2.75) is 18.6 Å². The van der Waals surface area contributed by atoms with Crippen LogP contribution >= 0.6 is 27.3 Å². The Labute approximate surface area is 128 Å². The van der Waals surface area contributed by atoms with Crippen LogP contribution in [0.25, 0.3) is 0 Å². The Morgan fingerprint density at radius 3 is 2.55 bits per heavy atom. The second kappa shape index (κ2) is 6.28. The van der Waals surface area contributed by atoms with Gasteiger partial charge in [-0.3, -0.25) is 0 Å². The number of alkyl halides is 3. The van der Waals surface area contributed by atoms with Gasteiger partial charge in [0.2, 0.25) is 0 Å². The first-order valence-corrected chi connectivity index (χ1v) is 7.59. The minimum Gasteiger partial charge on any atom is -0.312 e. The molecule has 0 aliphatic carbocycles. The zero-order valence-corrected chi connectivity index (χ0v) is 13.1. The van der Waals surface area contributed by atoms with Crippen molar-refractivity contribution in [3.63, 3.8) is 0 Å². The van der Waals surface area contributed by atoms with Gasteiger partial charge in [0.25, 0.3) is 0 Å². The fourth-order valence-corrected chi connectivity index (χ4v) is 3.50. The zero-order valence-electron chi connectivity index (χ0n) is 10.7. The van der Waals surface area contributed by atoms with Gasteiger partial charge in [0.15, 0.2) is 0 Å². The second-order valence-electron chi connectivity index (χ2n) is 4.39. The first-order chi connectivity index (χ1) is 9.40. The number of halogens is 4. The highest BCUT2D eigenvalue weighted by Crippen LogP contribution is 2.32. The predicted octanol–water partition coefficient (Wildman–Crippen LogP) is 5.03. The molecule has 0 radical (unpaired) electrons. The summed E-state index contributed by atoms with van der Waals surface area (Å²) in [5.41, 5.74) is 0.0703. The van der Waals surface area contributed by atoms with E-state index in [4.69, 9.17) is 0 Å². The van der Waals surface area contributed by atoms with Crippen LogP contribution in [0.2, 0.25) is 0 Å². The van der Waals surface area contributed by atoms with Gasteiger partial charge >= 0.3 is 6.18 Å². The third-order valence-electron chi connectivity index (χ3n) is 2.98. The molecule has 1 aromatic carbocycles. The van der Waals surface area contributed by atoms with Crippen molar-refractivity contribution in [2.24, 2.45) is 0 Å². The van der Waals surface area contributed by atoms with Crippen LogP contribution in [0, 0.1) is 0 Å². The van der Waals surface area contributed by atoms with Crippen LogP contribution in [0.15, 0.2) is 40.2 Å². The lowest BCUT2D eigenvalue weighted by Crippen LogP contribution is -2.18. The molecule has 1 aromatic heterocycles. The van der Waals surface area contributed by atoms with Crippen molar-refractivity contribution in [2.75, 3.05) is 7.05 Å². The standard InChI is InChI=1S/C14H13BrF3NS/c1-19-11(12-5-6-13(15)20-12)8-9-3-2-4-10(7-9)14(16,17)18/h2-7,11,19H,8H2,1H3. The lowest BCUT2D eigenvalue weighted by atomic mass is 10.0. The molecular weight excluding hydrogens is 351 g/mol. The van der Waals surface area contributed by atoms with Crippen molar-refractivity contribution in [3.05, 3.63) is 56.2 Å². The molecule has 0 spiro atoms. The van der Waals surface area contributed by atoms with Crippen LogP contribution in [0.3, 0.4) is 0 Å². The summed E-state index contributed by atoms with van der Waals surface area (Å²) in [5, 5.41) is 3.15. The molecule has 0 aliphatic rings. The fourth-order valence-electron chi connectivity index (χ4n) is 1.97. The number of hydrogen-bond donors (Lipinski definition) is 1. The number of likely N-dealkylation sites (N-methyl/N-ethyl adjacent to an activating group) is 1. The van der Waals surface area contributed by atoms with E-state index in [1.54, 1.807) is 17.4 Å². The minimum absolute atomic E-state index is 0.00906. The Hall–Kier alpha value is -0.850. The first kappa shape index (κ1) is 15.5. The van der Waals surface area contributed by atoms with Crippen molar-refractivity contribution in [3.8, 4) is 0 Å². The fraction of sp³-hybridized carbons (Fsp3) is 0.286. The molecule has 1 heterocycles. The minimum atomic E-state index is -4.29. The molecule has 6 heteroatoms. The van der Waals surface area contributed by atoms with E-state index in [0.717, 1.165) is 14.7 Å². The number of rotatable bonds is 4. The maximum absolute atomic E-state index is 12.7. The molecule has 0 aliphatic heterocycles. The van der Waals surface area contributed by atoms with E-state index in [0.29, 0.717) is 12.0 Å². The quantitative estimate of drug-likeness (QED) is 0.802. The molecule has 1 atom stereocenters. The molecule has 108 valence electrons. The third kappa shape index (κ3) is 3.84. The second-order valence-corrected chi connectivity index (χ2v) is 6.88. The summed E-state index contributed by atoms with van der Waals surface area (Å²) in [4.78, 5) is 1.09. The molecule has 1 nitrogen and oxygen atoms in total. The molecule has 0 bridgehead atoms. The van der Waals surface area contributed by atoms with Crippen molar-refractivity contribution >= 4 is 27.3 Å². The molecule has 1 N–H and O–H groups in total. The van der Waals surface area contributed by atoms with Gasteiger partial charge < -0.3 is 5.32 Å². The highest BCUT2D eigenvalue weighted by atomic mass is 79.9. The smallest absolute Gasteiger partial charge is 0.312 e. The number of benzene rings is 1. The third-order valence-corrected chi connectivity index (χ3v) is 4.72. The molecule has 0 saturated heterocycles. The summed E-state index contributed by atoms with van der Waals surface area (Å²) in [6.45, 7) is 0. The molecule has 2 rings (SSSR count). The topological polar surface area (TPSA) is 12.0 Å². The van der Waals surface area contributed by atoms with Gasteiger partial charge in [-0.1, -0.05) is 18.2 Å². The molecule has 2 aromatic rings. The van der Waals surface area contributed by atoms with E-state index >= 15 is 0 Å². The summed E-state index contributed by atoms with van der Waals surface area (Å²) in [6, 6.07) is 9.42. The largest absolute Gasteiger partial charge is 0.416 e. The van der Waals surface area contributed by atoms with Crippen LogP contribution in [0.4, 0.5) is 13.2 Å². The SMILES string of the molecule is CNC(Cc1cccc(C(F)(F)F)c1)c1ccc(Br)s1. The van der Waals surface area contributed by atoms with E-state index in [2.05, 4.69) is 21.2 Å². The number of nitrogens with one attached hydrogen (secondary N) is 1. The Kier molecular flexibility index (Phi) is 4.88. The van der Waals surface area contributed by atoms with Gasteiger partial charge in [0.1, 0.15) is 0 Å². The van der Waals surface area contributed by atoms with Gasteiger partial charge in [0, 0.05) is 10.9 Å². The van der Waals surface area contributed by atoms with Gasteiger partial charge in [-0.25, -0.2) is 0 Å². The Bertz CT molecular complexity index is 580. The van der Waals surface area contributed by atoms with Crippen molar-refractivity contribution in [1.82, 2.24) is 5.32 Å². The van der Waals surface area contributed by atoms with Crippen LogP contribution < -0.4 is 5.32 Å². The predicted molar refractivity (Wildman–Crippen MR) is 79.0 cm³/mol. The summed E-state index contributed by atoms with van der Waals surface area (Å²) < 4.78 is 39.1. The van der Waals surface area contributed by atoms with E-state index in [1.165, 1.54) is 12.1 Å². The first-order valence-electron chi connectivity index (χ1n) is 5.99. The Balaban J connectivity index is 2.20. The molecule has 20 heavy (non-hydrogen) atoms. The lowest BCUT2D eigenvalue weighted by Gasteiger charge is -2.15. The normalized spacial score (nSPS) is 13.4. The van der Waals surface area contributed by atoms with Gasteiger partial charge in [-0.2, -0.15) is 13.2 Å². The van der Waals surface area contributed by atoms with Gasteiger partial charge in [-0.15, -0.1) is 11.3 Å². The van der Waals surface area contributed by atoms with Crippen LogP contribution in [0.1, 0.15) is 22.0 Å². The zero-order chi connectivity index (χ0) is 14.8. The maximum atomic E-state index is 12.7. The summed E-state index contributed by atoms with van der Waals surface area (Å²) in [6.07, 6.45) is -3.77. The van der Waals surface area contributed by atoms with E-state index in [1.807, 2.05) is 19.2 Å². The summed E-state index contributed by atoms with van der Waals surface area (Å²) in [7, 11) is 1.81. The highest BCUT2D eigenvalue weighted by molar-refractivity contribution is 9.11. The summed E-state index contributed by atoms with van der Waals surface area (Å²) >= 11 is 4.98. The number of thiophene rings is 1. The molecule has 0 fully saturated rings. The van der Waals surface area contributed by atoms with Gasteiger partial charge in [0.05, 0.1) is 9.35 Å². The number of hydrogen-bond acceptors (Lipinski definition) is 2. The maximum Gasteiger partial charge on any atom is 0.416 e. The average molecular weight is 364 g/mol. The van der Waals surface area contributed by atoms with E-state index < -0.39 is 11.7 Å². The molecule has 0 amide bonds. The molecule has 1 unspecified atom stereocenters. The monoisotopic (exact) mass is 363 g/mol. The lowest BCUT2D eigenvalue weighted by molar-refractivity contribution is -0.137. The molecular formula is C14H13BrF3NS. The van der Waals surface area contributed by atoms with Gasteiger partial charge in [-0.05, 0) is 53.2 Å². The van der Waals surface area contributed by atoms with Crippen LogP contribution in [0.5, 0.6) is 0 Å². The summed E-state index contributed by atoms with van der Waals surface area (Å²) in [5.74, 6) is 0. The van der Waals surface area contributed by atoms with E-state index in [-0.39, 0.29) is 6.04 Å². The van der Waals surface area contributed by atoms with Crippen LogP contribution in [-0.2, 0) is 12.6 Å². The van der Waals surface area contributed by atoms with Crippen molar-refractivity contribution < 1.29 is 13.2 Å².